The lowest BCUT2D eigenvalue weighted by atomic mass is 10.0. The molecule has 4 heterocycles. The molecule has 0 radical (unpaired) electrons. The highest BCUT2D eigenvalue weighted by Gasteiger charge is 2.39. The lowest BCUT2D eigenvalue weighted by Crippen LogP contribution is -2.35. The van der Waals surface area contributed by atoms with E-state index in [0.29, 0.717) is 41.6 Å². The Morgan fingerprint density at radius 3 is 2.91 bits per heavy atom. The first-order valence-electron chi connectivity index (χ1n) is 11.2. The van der Waals surface area contributed by atoms with Crippen molar-refractivity contribution in [1.82, 2.24) is 19.7 Å². The van der Waals surface area contributed by atoms with E-state index in [1.54, 1.807) is 16.9 Å². The molecule has 1 fully saturated rings. The SMILES string of the molecule is O=C(Nc1cc2n(n1)CCN(c1ncc(Br)c(C3CC(F)(F)CCO3)n1)C2)OCc1ccccc1. The third-order valence-electron chi connectivity index (χ3n) is 5.86. The molecule has 0 bridgehead atoms. The molecular weight excluding hydrogens is 526 g/mol. The Morgan fingerprint density at radius 2 is 2.11 bits per heavy atom. The van der Waals surface area contributed by atoms with Gasteiger partial charge < -0.3 is 14.4 Å². The van der Waals surface area contributed by atoms with E-state index >= 15 is 0 Å². The minimum atomic E-state index is -2.78. The van der Waals surface area contributed by atoms with E-state index in [-0.39, 0.29) is 19.6 Å². The van der Waals surface area contributed by atoms with Crippen LogP contribution < -0.4 is 10.2 Å². The highest BCUT2D eigenvalue weighted by atomic mass is 79.9. The molecule has 184 valence electrons. The summed E-state index contributed by atoms with van der Waals surface area (Å²) in [7, 11) is 0. The predicted octanol–water partition coefficient (Wildman–Crippen LogP) is 4.69. The molecule has 2 aliphatic rings. The number of halogens is 3. The van der Waals surface area contributed by atoms with E-state index in [0.717, 1.165) is 11.3 Å². The van der Waals surface area contributed by atoms with Crippen molar-refractivity contribution in [2.24, 2.45) is 0 Å². The molecular formula is C23H23BrF2N6O3. The van der Waals surface area contributed by atoms with Crippen LogP contribution in [0.3, 0.4) is 0 Å². The first-order valence-corrected chi connectivity index (χ1v) is 12.0. The topological polar surface area (TPSA) is 94.4 Å². The van der Waals surface area contributed by atoms with Gasteiger partial charge in [-0.1, -0.05) is 30.3 Å². The summed E-state index contributed by atoms with van der Waals surface area (Å²) in [6, 6.07) is 11.2. The van der Waals surface area contributed by atoms with Crippen LogP contribution in [0.4, 0.5) is 25.3 Å². The molecule has 3 aromatic rings. The molecule has 1 atom stereocenters. The number of benzene rings is 1. The Balaban J connectivity index is 1.24. The standard InChI is InChI=1S/C23H23BrF2N6O3/c24-17-12-27-21(29-20(17)18-11-23(25,26)6-9-34-18)31-7-8-32-16(13-31)10-19(30-32)28-22(33)35-14-15-4-2-1-3-5-15/h1-5,10,12,18H,6-9,11,13-14H2,(H,28,30,33). The number of fused-ring (bicyclic) bond motifs is 1. The van der Waals surface area contributed by atoms with Gasteiger partial charge in [-0.25, -0.2) is 23.5 Å². The van der Waals surface area contributed by atoms with Crippen LogP contribution in [0.1, 0.15) is 35.9 Å². The van der Waals surface area contributed by atoms with Crippen LogP contribution in [0.2, 0.25) is 0 Å². The van der Waals surface area contributed by atoms with Crippen LogP contribution in [0.25, 0.3) is 0 Å². The summed E-state index contributed by atoms with van der Waals surface area (Å²) >= 11 is 3.37. The maximum Gasteiger partial charge on any atom is 0.413 e. The fourth-order valence-electron chi connectivity index (χ4n) is 4.07. The molecule has 1 amide bonds. The average Bonchev–Trinajstić information content (AvgIpc) is 3.24. The number of nitrogens with zero attached hydrogens (tertiary/aromatic N) is 5. The zero-order valence-corrected chi connectivity index (χ0v) is 20.2. The molecule has 0 saturated carbocycles. The molecule has 9 nitrogen and oxygen atoms in total. The van der Waals surface area contributed by atoms with Gasteiger partial charge in [-0.2, -0.15) is 5.10 Å². The lowest BCUT2D eigenvalue weighted by Gasteiger charge is -2.31. The maximum absolute atomic E-state index is 13.9. The van der Waals surface area contributed by atoms with Gasteiger partial charge in [-0.3, -0.25) is 10.00 Å². The smallest absolute Gasteiger partial charge is 0.413 e. The summed E-state index contributed by atoms with van der Waals surface area (Å²) in [6.07, 6.45) is -0.528. The number of rotatable bonds is 5. The summed E-state index contributed by atoms with van der Waals surface area (Å²) in [4.78, 5) is 23.0. The quantitative estimate of drug-likeness (QED) is 0.494. The number of ether oxygens (including phenoxy) is 2. The van der Waals surface area contributed by atoms with Gasteiger partial charge in [0.1, 0.15) is 12.7 Å². The summed E-state index contributed by atoms with van der Waals surface area (Å²) in [6.45, 7) is 1.69. The first-order chi connectivity index (χ1) is 16.9. The molecule has 5 rings (SSSR count). The van der Waals surface area contributed by atoms with Gasteiger partial charge in [0, 0.05) is 31.6 Å². The minimum absolute atomic E-state index is 0.0180. The van der Waals surface area contributed by atoms with Gasteiger partial charge in [0.15, 0.2) is 5.82 Å². The van der Waals surface area contributed by atoms with E-state index in [1.807, 2.05) is 35.2 Å². The largest absolute Gasteiger partial charge is 0.444 e. The number of hydrogen-bond donors (Lipinski definition) is 1. The maximum atomic E-state index is 13.9. The zero-order valence-electron chi connectivity index (χ0n) is 18.7. The molecule has 2 aliphatic heterocycles. The third-order valence-corrected chi connectivity index (χ3v) is 6.47. The van der Waals surface area contributed by atoms with Crippen molar-refractivity contribution in [3.8, 4) is 0 Å². The van der Waals surface area contributed by atoms with Gasteiger partial charge in [0.25, 0.3) is 5.92 Å². The number of amides is 1. The number of aromatic nitrogens is 4. The monoisotopic (exact) mass is 548 g/mol. The molecule has 1 saturated heterocycles. The van der Waals surface area contributed by atoms with Crippen molar-refractivity contribution in [2.75, 3.05) is 23.4 Å². The molecule has 35 heavy (non-hydrogen) atoms. The van der Waals surface area contributed by atoms with E-state index < -0.39 is 24.5 Å². The Bertz CT molecular complexity index is 1210. The Hall–Kier alpha value is -3.12. The zero-order chi connectivity index (χ0) is 24.4. The fraction of sp³-hybridized carbons (Fsp3) is 0.391. The summed E-state index contributed by atoms with van der Waals surface area (Å²) in [5, 5.41) is 7.08. The third kappa shape index (κ3) is 5.59. The average molecular weight is 549 g/mol. The van der Waals surface area contributed by atoms with Crippen LogP contribution in [0.5, 0.6) is 0 Å². The Kier molecular flexibility index (Phi) is 6.65. The van der Waals surface area contributed by atoms with Crippen LogP contribution >= 0.6 is 15.9 Å². The van der Waals surface area contributed by atoms with E-state index in [9.17, 15) is 13.6 Å². The number of alkyl halides is 2. The predicted molar refractivity (Wildman–Crippen MR) is 126 cm³/mol. The van der Waals surface area contributed by atoms with Gasteiger partial charge in [0.2, 0.25) is 5.95 Å². The summed E-state index contributed by atoms with van der Waals surface area (Å²) in [5.74, 6) is -1.98. The highest BCUT2D eigenvalue weighted by Crippen LogP contribution is 2.39. The second-order valence-corrected chi connectivity index (χ2v) is 9.28. The van der Waals surface area contributed by atoms with Gasteiger partial charge in [-0.15, -0.1) is 0 Å². The Morgan fingerprint density at radius 1 is 1.29 bits per heavy atom. The molecule has 1 unspecified atom stereocenters. The highest BCUT2D eigenvalue weighted by molar-refractivity contribution is 9.10. The van der Waals surface area contributed by atoms with Crippen molar-refractivity contribution in [1.29, 1.82) is 0 Å². The molecule has 0 spiro atoms. The van der Waals surface area contributed by atoms with E-state index in [4.69, 9.17) is 9.47 Å². The van der Waals surface area contributed by atoms with Crippen molar-refractivity contribution in [3.63, 3.8) is 0 Å². The summed E-state index contributed by atoms with van der Waals surface area (Å²) < 4.78 is 41.0. The van der Waals surface area contributed by atoms with Crippen LogP contribution in [0, 0.1) is 0 Å². The van der Waals surface area contributed by atoms with Crippen molar-refractivity contribution >= 4 is 33.8 Å². The number of carbonyl (C=O) groups is 1. The molecule has 1 aromatic carbocycles. The Labute approximate surface area is 208 Å². The van der Waals surface area contributed by atoms with Crippen LogP contribution in [0.15, 0.2) is 47.1 Å². The van der Waals surface area contributed by atoms with Crippen molar-refractivity contribution in [3.05, 3.63) is 64.0 Å². The number of anilines is 2. The van der Waals surface area contributed by atoms with Crippen LogP contribution in [-0.2, 0) is 29.2 Å². The minimum Gasteiger partial charge on any atom is -0.444 e. The van der Waals surface area contributed by atoms with Gasteiger partial charge in [0.05, 0.1) is 35.6 Å². The lowest BCUT2D eigenvalue weighted by molar-refractivity contribution is -0.130. The van der Waals surface area contributed by atoms with Gasteiger partial charge >= 0.3 is 6.09 Å². The van der Waals surface area contributed by atoms with Gasteiger partial charge in [-0.05, 0) is 21.5 Å². The summed E-state index contributed by atoms with van der Waals surface area (Å²) in [5.41, 5.74) is 2.15. The molecule has 1 N–H and O–H groups in total. The number of hydrogen-bond acceptors (Lipinski definition) is 7. The number of nitrogens with one attached hydrogen (secondary N) is 1. The second-order valence-electron chi connectivity index (χ2n) is 8.43. The van der Waals surface area contributed by atoms with Crippen molar-refractivity contribution in [2.45, 2.75) is 44.6 Å². The fourth-order valence-corrected chi connectivity index (χ4v) is 4.52. The molecule has 2 aromatic heterocycles. The molecule has 0 aliphatic carbocycles. The number of carbonyl (C=O) groups excluding carboxylic acids is 1. The normalized spacial score (nSPS) is 19.2. The van der Waals surface area contributed by atoms with Crippen LogP contribution in [-0.4, -0.2) is 44.9 Å². The van der Waals surface area contributed by atoms with E-state index in [1.165, 1.54) is 0 Å². The van der Waals surface area contributed by atoms with Crippen molar-refractivity contribution < 1.29 is 23.0 Å². The van der Waals surface area contributed by atoms with E-state index in [2.05, 4.69) is 36.3 Å². The molecule has 12 heteroatoms. The second kappa shape index (κ2) is 9.86. The first kappa shape index (κ1) is 23.6.